The number of rotatable bonds is 1. The fourth-order valence-corrected chi connectivity index (χ4v) is 1.31. The van der Waals surface area contributed by atoms with E-state index in [1.165, 1.54) is 6.07 Å². The van der Waals surface area contributed by atoms with Crippen molar-refractivity contribution in [1.29, 1.82) is 0 Å². The summed E-state index contributed by atoms with van der Waals surface area (Å²) in [4.78, 5) is 10.8. The van der Waals surface area contributed by atoms with E-state index in [9.17, 15) is 15.0 Å². The van der Waals surface area contributed by atoms with Crippen molar-refractivity contribution in [3.63, 3.8) is 0 Å². The van der Waals surface area contributed by atoms with Gasteiger partial charge in [-0.05, 0) is 17.5 Å². The molecular weight excluding hydrogens is 196 g/mol. The third-order valence-corrected chi connectivity index (χ3v) is 2.14. The number of phenols is 2. The minimum Gasteiger partial charge on any atom is -0.504 e. The summed E-state index contributed by atoms with van der Waals surface area (Å²) in [6.45, 7) is 5.48. The first-order chi connectivity index (χ1) is 6.73. The van der Waals surface area contributed by atoms with Crippen molar-refractivity contribution < 1.29 is 20.1 Å². The zero-order chi connectivity index (χ0) is 11.8. The molecule has 0 aromatic heterocycles. The third-order valence-electron chi connectivity index (χ3n) is 2.14. The van der Waals surface area contributed by atoms with Gasteiger partial charge >= 0.3 is 5.97 Å². The van der Waals surface area contributed by atoms with Crippen molar-refractivity contribution in [3.05, 3.63) is 23.3 Å². The molecule has 0 fully saturated rings. The van der Waals surface area contributed by atoms with Crippen LogP contribution in [0.2, 0.25) is 0 Å². The molecule has 3 N–H and O–H groups in total. The molecule has 15 heavy (non-hydrogen) atoms. The van der Waals surface area contributed by atoms with Crippen molar-refractivity contribution >= 4 is 5.97 Å². The van der Waals surface area contributed by atoms with Gasteiger partial charge in [0.15, 0.2) is 11.5 Å². The average molecular weight is 210 g/mol. The zero-order valence-corrected chi connectivity index (χ0v) is 8.90. The standard InChI is InChI=1S/C11H14O4/c1-11(2,3)7-4-6(10(14)15)5-8(12)9(7)13/h4-5,12-13H,1-3H3,(H,14,15). The molecule has 0 aliphatic rings. The predicted molar refractivity (Wildman–Crippen MR) is 55.4 cm³/mol. The van der Waals surface area contributed by atoms with Gasteiger partial charge in [-0.25, -0.2) is 4.79 Å². The smallest absolute Gasteiger partial charge is 0.335 e. The highest BCUT2D eigenvalue weighted by Crippen LogP contribution is 2.37. The Hall–Kier alpha value is -1.71. The Morgan fingerprint density at radius 2 is 1.73 bits per heavy atom. The van der Waals surface area contributed by atoms with Crippen LogP contribution in [-0.4, -0.2) is 21.3 Å². The van der Waals surface area contributed by atoms with Gasteiger partial charge in [0.1, 0.15) is 0 Å². The van der Waals surface area contributed by atoms with Crippen LogP contribution in [0.5, 0.6) is 11.5 Å². The normalized spacial score (nSPS) is 11.4. The van der Waals surface area contributed by atoms with Gasteiger partial charge in [-0.1, -0.05) is 20.8 Å². The SMILES string of the molecule is CC(C)(C)c1cc(C(=O)O)cc(O)c1O. The molecule has 0 saturated carbocycles. The first kappa shape index (κ1) is 11.4. The number of phenolic OH excluding ortho intramolecular Hbond substituents is 2. The Morgan fingerprint density at radius 3 is 2.13 bits per heavy atom. The van der Waals surface area contributed by atoms with Crippen LogP contribution in [0, 0.1) is 0 Å². The summed E-state index contributed by atoms with van der Waals surface area (Å²) in [5, 5.41) is 27.8. The number of carboxylic acids is 1. The highest BCUT2D eigenvalue weighted by Gasteiger charge is 2.22. The molecule has 4 heteroatoms. The topological polar surface area (TPSA) is 77.8 Å². The van der Waals surface area contributed by atoms with E-state index in [2.05, 4.69) is 0 Å². The third kappa shape index (κ3) is 2.21. The minimum atomic E-state index is -1.13. The van der Waals surface area contributed by atoms with Gasteiger partial charge in [0.2, 0.25) is 0 Å². The van der Waals surface area contributed by atoms with E-state index in [4.69, 9.17) is 5.11 Å². The molecule has 82 valence electrons. The van der Waals surface area contributed by atoms with Crippen molar-refractivity contribution in [2.24, 2.45) is 0 Å². The van der Waals surface area contributed by atoms with E-state index in [1.54, 1.807) is 0 Å². The average Bonchev–Trinajstić information content (AvgIpc) is 2.06. The summed E-state index contributed by atoms with van der Waals surface area (Å²) in [7, 11) is 0. The lowest BCUT2D eigenvalue weighted by Crippen LogP contribution is -2.12. The van der Waals surface area contributed by atoms with Crippen LogP contribution in [0.3, 0.4) is 0 Å². The molecule has 0 unspecified atom stereocenters. The first-order valence-corrected chi connectivity index (χ1v) is 4.53. The van der Waals surface area contributed by atoms with Gasteiger partial charge in [-0.15, -0.1) is 0 Å². The fourth-order valence-electron chi connectivity index (χ4n) is 1.31. The van der Waals surface area contributed by atoms with Crippen LogP contribution in [0.1, 0.15) is 36.7 Å². The molecule has 1 aromatic carbocycles. The minimum absolute atomic E-state index is 0.0322. The second-order valence-corrected chi connectivity index (χ2v) is 4.45. The Kier molecular flexibility index (Phi) is 2.62. The van der Waals surface area contributed by atoms with Gasteiger partial charge in [0, 0.05) is 5.56 Å². The molecule has 1 rings (SSSR count). The second kappa shape index (κ2) is 3.46. The Morgan fingerprint density at radius 1 is 1.20 bits per heavy atom. The Labute approximate surface area is 87.8 Å². The molecule has 0 aliphatic heterocycles. The van der Waals surface area contributed by atoms with Crippen LogP contribution in [-0.2, 0) is 5.41 Å². The number of hydrogen-bond acceptors (Lipinski definition) is 3. The molecule has 0 atom stereocenters. The van der Waals surface area contributed by atoms with Crippen LogP contribution in [0.4, 0.5) is 0 Å². The maximum absolute atomic E-state index is 10.8. The summed E-state index contributed by atoms with van der Waals surface area (Å²) in [6, 6.07) is 2.41. The largest absolute Gasteiger partial charge is 0.504 e. The maximum Gasteiger partial charge on any atom is 0.335 e. The number of aromatic carboxylic acids is 1. The molecule has 0 spiro atoms. The molecule has 1 aromatic rings. The lowest BCUT2D eigenvalue weighted by Gasteiger charge is -2.21. The van der Waals surface area contributed by atoms with E-state index in [0.717, 1.165) is 6.07 Å². The molecule has 0 bridgehead atoms. The van der Waals surface area contributed by atoms with Crippen LogP contribution < -0.4 is 0 Å². The lowest BCUT2D eigenvalue weighted by molar-refractivity contribution is 0.0696. The van der Waals surface area contributed by atoms with Crippen LogP contribution >= 0.6 is 0 Å². The van der Waals surface area contributed by atoms with Crippen LogP contribution in [0.25, 0.3) is 0 Å². The number of aromatic hydroxyl groups is 2. The van der Waals surface area contributed by atoms with E-state index >= 15 is 0 Å². The van der Waals surface area contributed by atoms with Gasteiger partial charge < -0.3 is 15.3 Å². The summed E-state index contributed by atoms with van der Waals surface area (Å²) >= 11 is 0. The lowest BCUT2D eigenvalue weighted by atomic mass is 9.85. The molecule has 0 saturated heterocycles. The summed E-state index contributed by atoms with van der Waals surface area (Å²) in [5.41, 5.74) is -0.0392. The quantitative estimate of drug-likeness (QED) is 0.620. The Bertz CT molecular complexity index is 402. The summed E-state index contributed by atoms with van der Waals surface area (Å²) < 4.78 is 0. The summed E-state index contributed by atoms with van der Waals surface area (Å²) in [6.07, 6.45) is 0. The number of hydrogen-bond donors (Lipinski definition) is 3. The van der Waals surface area contributed by atoms with Gasteiger partial charge in [-0.3, -0.25) is 0 Å². The van der Waals surface area contributed by atoms with Crippen molar-refractivity contribution in [3.8, 4) is 11.5 Å². The van der Waals surface area contributed by atoms with Crippen molar-refractivity contribution in [2.75, 3.05) is 0 Å². The molecule has 0 amide bonds. The van der Waals surface area contributed by atoms with E-state index in [-0.39, 0.29) is 11.3 Å². The number of carbonyl (C=O) groups is 1. The fraction of sp³-hybridized carbons (Fsp3) is 0.364. The number of benzene rings is 1. The molecule has 4 nitrogen and oxygen atoms in total. The second-order valence-electron chi connectivity index (χ2n) is 4.45. The molecule has 0 aliphatic carbocycles. The maximum atomic E-state index is 10.8. The Balaban J connectivity index is 3.45. The van der Waals surface area contributed by atoms with E-state index in [1.807, 2.05) is 20.8 Å². The number of carboxylic acid groups (broad SMARTS) is 1. The van der Waals surface area contributed by atoms with Crippen molar-refractivity contribution in [2.45, 2.75) is 26.2 Å². The molecule has 0 heterocycles. The van der Waals surface area contributed by atoms with Crippen molar-refractivity contribution in [1.82, 2.24) is 0 Å². The zero-order valence-electron chi connectivity index (χ0n) is 8.90. The summed E-state index contributed by atoms with van der Waals surface area (Å²) in [5.74, 6) is -1.79. The first-order valence-electron chi connectivity index (χ1n) is 4.53. The highest BCUT2D eigenvalue weighted by atomic mass is 16.4. The molecule has 0 radical (unpaired) electrons. The highest BCUT2D eigenvalue weighted by molar-refractivity contribution is 5.89. The van der Waals surface area contributed by atoms with E-state index in [0.29, 0.717) is 5.56 Å². The monoisotopic (exact) mass is 210 g/mol. The van der Waals surface area contributed by atoms with Gasteiger partial charge in [-0.2, -0.15) is 0 Å². The van der Waals surface area contributed by atoms with E-state index < -0.39 is 17.1 Å². The van der Waals surface area contributed by atoms with Gasteiger partial charge in [0.25, 0.3) is 0 Å². The molecular formula is C11H14O4. The van der Waals surface area contributed by atoms with Gasteiger partial charge in [0.05, 0.1) is 5.56 Å². The predicted octanol–water partition coefficient (Wildman–Crippen LogP) is 2.09. The van der Waals surface area contributed by atoms with Crippen LogP contribution in [0.15, 0.2) is 12.1 Å².